The number of carbonyl (C=O) groups excluding carboxylic acids is 1. The third kappa shape index (κ3) is 3.25. The van der Waals surface area contributed by atoms with E-state index in [-0.39, 0.29) is 18.5 Å². The van der Waals surface area contributed by atoms with Crippen LogP contribution in [-0.4, -0.2) is 28.3 Å². The standard InChI is InChI=1S/C8H14N4O/c1-7(5-9)11-8(13)6-12-4-2-3-10-12/h2-4,7H,5-6,9H2,1H3,(H,11,13). The molecule has 0 fully saturated rings. The minimum atomic E-state index is -0.0679. The Kier molecular flexibility index (Phi) is 3.45. The van der Waals surface area contributed by atoms with E-state index in [4.69, 9.17) is 5.73 Å². The molecule has 5 nitrogen and oxygen atoms in total. The van der Waals surface area contributed by atoms with Gasteiger partial charge in [-0.05, 0) is 13.0 Å². The zero-order valence-electron chi connectivity index (χ0n) is 7.60. The number of hydrogen-bond donors (Lipinski definition) is 2. The van der Waals surface area contributed by atoms with E-state index >= 15 is 0 Å². The van der Waals surface area contributed by atoms with Crippen LogP contribution in [0.4, 0.5) is 0 Å². The summed E-state index contributed by atoms with van der Waals surface area (Å²) in [7, 11) is 0. The van der Waals surface area contributed by atoms with E-state index in [0.717, 1.165) is 0 Å². The van der Waals surface area contributed by atoms with Crippen LogP contribution in [0, 0.1) is 0 Å². The lowest BCUT2D eigenvalue weighted by atomic mass is 10.3. The van der Waals surface area contributed by atoms with Crippen LogP contribution in [0.5, 0.6) is 0 Å². The molecule has 1 unspecified atom stereocenters. The van der Waals surface area contributed by atoms with Gasteiger partial charge in [0.25, 0.3) is 0 Å². The summed E-state index contributed by atoms with van der Waals surface area (Å²) in [4.78, 5) is 11.3. The van der Waals surface area contributed by atoms with Crippen molar-refractivity contribution < 1.29 is 4.79 Å². The maximum absolute atomic E-state index is 11.3. The van der Waals surface area contributed by atoms with Crippen LogP contribution < -0.4 is 11.1 Å². The van der Waals surface area contributed by atoms with Crippen LogP contribution in [0.2, 0.25) is 0 Å². The second-order valence-corrected chi connectivity index (χ2v) is 2.91. The van der Waals surface area contributed by atoms with Crippen LogP contribution in [0.3, 0.4) is 0 Å². The number of nitrogens with two attached hydrogens (primary N) is 1. The van der Waals surface area contributed by atoms with E-state index in [2.05, 4.69) is 10.4 Å². The molecule has 1 heterocycles. The molecule has 0 aromatic carbocycles. The molecule has 72 valence electrons. The highest BCUT2D eigenvalue weighted by molar-refractivity contribution is 5.75. The molecular weight excluding hydrogens is 168 g/mol. The molecular formula is C8H14N4O. The molecule has 1 rings (SSSR count). The predicted octanol–water partition coefficient (Wildman–Crippen LogP) is -0.653. The van der Waals surface area contributed by atoms with Gasteiger partial charge in [-0.1, -0.05) is 0 Å². The quantitative estimate of drug-likeness (QED) is 0.649. The van der Waals surface area contributed by atoms with Crippen molar-refractivity contribution in [2.24, 2.45) is 5.73 Å². The number of hydrogen-bond acceptors (Lipinski definition) is 3. The van der Waals surface area contributed by atoms with Crippen LogP contribution in [-0.2, 0) is 11.3 Å². The van der Waals surface area contributed by atoms with E-state index in [9.17, 15) is 4.79 Å². The summed E-state index contributed by atoms with van der Waals surface area (Å²) in [5.41, 5.74) is 5.36. The maximum atomic E-state index is 11.3. The van der Waals surface area contributed by atoms with Gasteiger partial charge >= 0.3 is 0 Å². The van der Waals surface area contributed by atoms with Crippen molar-refractivity contribution in [3.8, 4) is 0 Å². The first kappa shape index (κ1) is 9.73. The third-order valence-corrected chi connectivity index (χ3v) is 1.63. The van der Waals surface area contributed by atoms with Gasteiger partial charge in [0.05, 0.1) is 0 Å². The molecule has 0 saturated carbocycles. The predicted molar refractivity (Wildman–Crippen MR) is 48.9 cm³/mol. The van der Waals surface area contributed by atoms with Crippen molar-refractivity contribution in [3.63, 3.8) is 0 Å². The van der Waals surface area contributed by atoms with Gasteiger partial charge in [-0.15, -0.1) is 0 Å². The molecule has 0 bridgehead atoms. The zero-order valence-corrected chi connectivity index (χ0v) is 7.60. The molecule has 1 amide bonds. The van der Waals surface area contributed by atoms with Crippen molar-refractivity contribution in [1.29, 1.82) is 0 Å². The van der Waals surface area contributed by atoms with Gasteiger partial charge < -0.3 is 11.1 Å². The number of aromatic nitrogens is 2. The van der Waals surface area contributed by atoms with Gasteiger partial charge in [-0.3, -0.25) is 9.48 Å². The van der Waals surface area contributed by atoms with E-state index in [1.165, 1.54) is 0 Å². The summed E-state index contributed by atoms with van der Waals surface area (Å²) in [6.07, 6.45) is 3.38. The molecule has 0 aliphatic rings. The average Bonchev–Trinajstić information content (AvgIpc) is 2.56. The first-order chi connectivity index (χ1) is 6.22. The highest BCUT2D eigenvalue weighted by Crippen LogP contribution is 1.85. The van der Waals surface area contributed by atoms with Gasteiger partial charge in [0.2, 0.25) is 5.91 Å². The number of nitrogens with zero attached hydrogens (tertiary/aromatic N) is 2. The zero-order chi connectivity index (χ0) is 9.68. The van der Waals surface area contributed by atoms with Crippen molar-refractivity contribution in [2.75, 3.05) is 6.54 Å². The van der Waals surface area contributed by atoms with Crippen molar-refractivity contribution in [2.45, 2.75) is 19.5 Å². The number of amides is 1. The minimum absolute atomic E-state index is 0.0167. The van der Waals surface area contributed by atoms with Gasteiger partial charge in [0.15, 0.2) is 0 Å². The van der Waals surface area contributed by atoms with Crippen molar-refractivity contribution in [1.82, 2.24) is 15.1 Å². The monoisotopic (exact) mass is 182 g/mol. The topological polar surface area (TPSA) is 72.9 Å². The Morgan fingerprint density at radius 3 is 3.08 bits per heavy atom. The number of carbonyl (C=O) groups is 1. The number of nitrogens with one attached hydrogen (secondary N) is 1. The fourth-order valence-electron chi connectivity index (χ4n) is 0.921. The van der Waals surface area contributed by atoms with Crippen molar-refractivity contribution in [3.05, 3.63) is 18.5 Å². The first-order valence-corrected chi connectivity index (χ1v) is 4.19. The van der Waals surface area contributed by atoms with E-state index in [0.29, 0.717) is 6.54 Å². The molecule has 3 N–H and O–H groups in total. The maximum Gasteiger partial charge on any atom is 0.241 e. The van der Waals surface area contributed by atoms with Crippen LogP contribution >= 0.6 is 0 Å². The summed E-state index contributed by atoms with van der Waals surface area (Å²) < 4.78 is 1.57. The second kappa shape index (κ2) is 4.61. The van der Waals surface area contributed by atoms with Gasteiger partial charge in [0.1, 0.15) is 6.54 Å². The van der Waals surface area contributed by atoms with E-state index in [1.807, 2.05) is 6.92 Å². The lowest BCUT2D eigenvalue weighted by Crippen LogP contribution is -2.39. The summed E-state index contributed by atoms with van der Waals surface area (Å²) >= 11 is 0. The Morgan fingerprint density at radius 1 is 1.77 bits per heavy atom. The minimum Gasteiger partial charge on any atom is -0.351 e. The summed E-state index contributed by atoms with van der Waals surface area (Å²) in [6, 6.07) is 1.79. The van der Waals surface area contributed by atoms with Gasteiger partial charge in [-0.2, -0.15) is 5.10 Å². The molecule has 13 heavy (non-hydrogen) atoms. The molecule has 0 saturated heterocycles. The van der Waals surface area contributed by atoms with Crippen LogP contribution in [0.1, 0.15) is 6.92 Å². The molecule has 0 radical (unpaired) electrons. The van der Waals surface area contributed by atoms with Crippen LogP contribution in [0.15, 0.2) is 18.5 Å². The molecule has 1 atom stereocenters. The Bertz CT molecular complexity index is 257. The summed E-state index contributed by atoms with van der Waals surface area (Å²) in [5, 5.41) is 6.66. The molecule has 0 spiro atoms. The third-order valence-electron chi connectivity index (χ3n) is 1.63. The molecule has 1 aromatic heterocycles. The van der Waals surface area contributed by atoms with Gasteiger partial charge in [-0.25, -0.2) is 0 Å². The molecule has 0 aliphatic heterocycles. The van der Waals surface area contributed by atoms with Gasteiger partial charge in [0, 0.05) is 25.0 Å². The fourth-order valence-corrected chi connectivity index (χ4v) is 0.921. The Morgan fingerprint density at radius 2 is 2.54 bits per heavy atom. The highest BCUT2D eigenvalue weighted by atomic mass is 16.2. The molecule has 5 heteroatoms. The normalized spacial score (nSPS) is 12.5. The Hall–Kier alpha value is -1.36. The SMILES string of the molecule is CC(CN)NC(=O)Cn1cccn1. The smallest absolute Gasteiger partial charge is 0.241 e. The lowest BCUT2D eigenvalue weighted by Gasteiger charge is -2.10. The Balaban J connectivity index is 2.34. The second-order valence-electron chi connectivity index (χ2n) is 2.91. The average molecular weight is 182 g/mol. The Labute approximate surface area is 76.9 Å². The van der Waals surface area contributed by atoms with E-state index in [1.54, 1.807) is 23.1 Å². The van der Waals surface area contributed by atoms with E-state index < -0.39 is 0 Å². The summed E-state index contributed by atoms with van der Waals surface area (Å²) in [6.45, 7) is 2.56. The lowest BCUT2D eigenvalue weighted by molar-refractivity contribution is -0.122. The van der Waals surface area contributed by atoms with Crippen molar-refractivity contribution >= 4 is 5.91 Å². The molecule has 1 aromatic rings. The number of rotatable bonds is 4. The highest BCUT2D eigenvalue weighted by Gasteiger charge is 2.05. The largest absolute Gasteiger partial charge is 0.351 e. The first-order valence-electron chi connectivity index (χ1n) is 4.19. The molecule has 0 aliphatic carbocycles. The fraction of sp³-hybridized carbons (Fsp3) is 0.500. The summed E-state index contributed by atoms with van der Waals surface area (Å²) in [5.74, 6) is -0.0679. The van der Waals surface area contributed by atoms with Crippen LogP contribution in [0.25, 0.3) is 0 Å².